The molecule has 1 saturated carbocycles. The van der Waals surface area contributed by atoms with Crippen molar-refractivity contribution in [2.75, 3.05) is 6.26 Å². The number of rotatable bonds is 4. The molecule has 3 atom stereocenters. The molecular formula is C17H25ClN2OS. The van der Waals surface area contributed by atoms with E-state index in [1.54, 1.807) is 11.8 Å². The van der Waals surface area contributed by atoms with Gasteiger partial charge in [0.05, 0.1) is 6.04 Å². The fraction of sp³-hybridized carbons (Fsp3) is 0.588. The first-order chi connectivity index (χ1) is 10.3. The molecule has 0 radical (unpaired) electrons. The summed E-state index contributed by atoms with van der Waals surface area (Å²) in [5, 5.41) is 6.61. The highest BCUT2D eigenvalue weighted by molar-refractivity contribution is 7.98. The van der Waals surface area contributed by atoms with Gasteiger partial charge in [0, 0.05) is 17.5 Å². The van der Waals surface area contributed by atoms with Gasteiger partial charge in [-0.15, -0.1) is 24.2 Å². The van der Waals surface area contributed by atoms with E-state index < -0.39 is 0 Å². The average molecular weight is 341 g/mol. The summed E-state index contributed by atoms with van der Waals surface area (Å²) in [6, 6.07) is 8.99. The molecule has 1 saturated heterocycles. The molecular weight excluding hydrogens is 316 g/mol. The van der Waals surface area contributed by atoms with Gasteiger partial charge in [-0.1, -0.05) is 25.0 Å². The second-order valence-corrected chi connectivity index (χ2v) is 7.05. The summed E-state index contributed by atoms with van der Waals surface area (Å²) >= 11 is 1.74. The van der Waals surface area contributed by atoms with E-state index in [1.807, 2.05) is 0 Å². The van der Waals surface area contributed by atoms with Crippen LogP contribution < -0.4 is 10.6 Å². The van der Waals surface area contributed by atoms with Crippen molar-refractivity contribution in [1.82, 2.24) is 10.6 Å². The topological polar surface area (TPSA) is 41.1 Å². The van der Waals surface area contributed by atoms with Crippen molar-refractivity contribution >= 4 is 30.1 Å². The number of halogens is 1. The van der Waals surface area contributed by atoms with Crippen molar-refractivity contribution < 1.29 is 4.79 Å². The van der Waals surface area contributed by atoms with Crippen molar-refractivity contribution in [3.05, 3.63) is 29.8 Å². The molecule has 1 amide bonds. The largest absolute Gasteiger partial charge is 0.351 e. The van der Waals surface area contributed by atoms with E-state index in [2.05, 4.69) is 41.2 Å². The molecule has 3 nitrogen and oxygen atoms in total. The van der Waals surface area contributed by atoms with E-state index >= 15 is 0 Å². The van der Waals surface area contributed by atoms with Gasteiger partial charge in [0.15, 0.2) is 0 Å². The lowest BCUT2D eigenvalue weighted by Crippen LogP contribution is -2.42. The van der Waals surface area contributed by atoms with Crippen molar-refractivity contribution in [3.63, 3.8) is 0 Å². The summed E-state index contributed by atoms with van der Waals surface area (Å²) in [7, 11) is 0. The van der Waals surface area contributed by atoms with Gasteiger partial charge in [0.2, 0.25) is 5.91 Å². The highest BCUT2D eigenvalue weighted by Gasteiger charge is 2.37. The molecule has 5 heteroatoms. The summed E-state index contributed by atoms with van der Waals surface area (Å²) < 4.78 is 0. The van der Waals surface area contributed by atoms with Gasteiger partial charge >= 0.3 is 0 Å². The van der Waals surface area contributed by atoms with Crippen LogP contribution >= 0.6 is 24.2 Å². The zero-order valence-corrected chi connectivity index (χ0v) is 14.6. The minimum Gasteiger partial charge on any atom is -0.351 e. The zero-order chi connectivity index (χ0) is 14.7. The molecule has 122 valence electrons. The molecule has 1 heterocycles. The number of amides is 1. The van der Waals surface area contributed by atoms with Crippen molar-refractivity contribution in [2.45, 2.75) is 55.6 Å². The molecule has 2 N–H and O–H groups in total. The lowest BCUT2D eigenvalue weighted by molar-refractivity contribution is -0.123. The maximum Gasteiger partial charge on any atom is 0.237 e. The second-order valence-electron chi connectivity index (χ2n) is 6.17. The van der Waals surface area contributed by atoms with Crippen LogP contribution in [0.5, 0.6) is 0 Å². The molecule has 22 heavy (non-hydrogen) atoms. The Morgan fingerprint density at radius 3 is 2.68 bits per heavy atom. The van der Waals surface area contributed by atoms with Crippen LogP contribution in [0.15, 0.2) is 29.2 Å². The summed E-state index contributed by atoms with van der Waals surface area (Å²) in [4.78, 5) is 13.6. The van der Waals surface area contributed by atoms with Crippen LogP contribution in [-0.2, 0) is 11.3 Å². The number of benzene rings is 1. The van der Waals surface area contributed by atoms with E-state index in [1.165, 1.54) is 30.6 Å². The number of fused-ring (bicyclic) bond motifs is 1. The van der Waals surface area contributed by atoms with Crippen LogP contribution in [0.4, 0.5) is 0 Å². The maximum atomic E-state index is 12.3. The van der Waals surface area contributed by atoms with Crippen molar-refractivity contribution in [2.24, 2.45) is 5.92 Å². The summed E-state index contributed by atoms with van der Waals surface area (Å²) in [6.07, 6.45) is 8.26. The Balaban J connectivity index is 0.00000176. The molecule has 3 rings (SSSR count). The fourth-order valence-corrected chi connectivity index (χ4v) is 3.99. The molecule has 1 aromatic carbocycles. The van der Waals surface area contributed by atoms with Crippen LogP contribution in [0.25, 0.3) is 0 Å². The average Bonchev–Trinajstić information content (AvgIpc) is 2.97. The predicted octanol–water partition coefficient (Wildman–Crippen LogP) is 3.37. The van der Waals surface area contributed by atoms with Gasteiger partial charge in [-0.2, -0.15) is 0 Å². The maximum absolute atomic E-state index is 12.3. The van der Waals surface area contributed by atoms with E-state index in [9.17, 15) is 4.79 Å². The first-order valence-corrected chi connectivity index (χ1v) is 9.15. The minimum absolute atomic E-state index is 0. The molecule has 1 aliphatic heterocycles. The second kappa shape index (κ2) is 8.23. The van der Waals surface area contributed by atoms with Crippen LogP contribution in [0, 0.1) is 5.92 Å². The van der Waals surface area contributed by atoms with E-state index in [0.717, 1.165) is 17.9 Å². The standard InChI is InChI=1S/C17H24N2OS.ClH/c1-21-14-8-6-12(7-9-14)11-18-17(20)16-10-13-4-2-3-5-15(13)19-16;/h6-9,13,15-16,19H,2-5,10-11H2,1H3,(H,18,20);1H. The van der Waals surface area contributed by atoms with Crippen LogP contribution in [0.3, 0.4) is 0 Å². The molecule has 1 aromatic rings. The molecule has 1 aliphatic carbocycles. The molecule has 2 fully saturated rings. The lowest BCUT2D eigenvalue weighted by atomic mass is 9.85. The molecule has 0 bridgehead atoms. The van der Waals surface area contributed by atoms with Crippen molar-refractivity contribution in [3.8, 4) is 0 Å². The first kappa shape index (κ1) is 17.6. The van der Waals surface area contributed by atoms with E-state index in [4.69, 9.17) is 0 Å². The van der Waals surface area contributed by atoms with Gasteiger partial charge in [0.1, 0.15) is 0 Å². The normalized spacial score (nSPS) is 26.9. The Labute approximate surface area is 143 Å². The third-order valence-electron chi connectivity index (χ3n) is 4.81. The summed E-state index contributed by atoms with van der Waals surface area (Å²) in [5.41, 5.74) is 1.16. The molecule has 2 aliphatic rings. The Morgan fingerprint density at radius 2 is 2.00 bits per heavy atom. The third kappa shape index (κ3) is 4.18. The Kier molecular flexibility index (Phi) is 6.60. The molecule has 3 unspecified atom stereocenters. The highest BCUT2D eigenvalue weighted by Crippen LogP contribution is 2.33. The highest BCUT2D eigenvalue weighted by atomic mass is 35.5. The summed E-state index contributed by atoms with van der Waals surface area (Å²) in [5.74, 6) is 0.883. The summed E-state index contributed by atoms with van der Waals surface area (Å²) in [6.45, 7) is 0.626. The Hall–Kier alpha value is -0.710. The van der Waals surface area contributed by atoms with Crippen LogP contribution in [0.2, 0.25) is 0 Å². The lowest BCUT2D eigenvalue weighted by Gasteiger charge is -2.24. The molecule has 0 aromatic heterocycles. The van der Waals surface area contributed by atoms with Crippen molar-refractivity contribution in [1.29, 1.82) is 0 Å². The zero-order valence-electron chi connectivity index (χ0n) is 13.0. The Morgan fingerprint density at radius 1 is 1.27 bits per heavy atom. The van der Waals surface area contributed by atoms with E-state index in [0.29, 0.717) is 12.6 Å². The van der Waals surface area contributed by atoms with Crippen LogP contribution in [0.1, 0.15) is 37.7 Å². The number of hydrogen-bond acceptors (Lipinski definition) is 3. The van der Waals surface area contributed by atoms with Gasteiger partial charge in [0.25, 0.3) is 0 Å². The fourth-order valence-electron chi connectivity index (χ4n) is 3.58. The monoisotopic (exact) mass is 340 g/mol. The van der Waals surface area contributed by atoms with E-state index in [-0.39, 0.29) is 24.4 Å². The van der Waals surface area contributed by atoms with Gasteiger partial charge in [-0.3, -0.25) is 4.79 Å². The van der Waals surface area contributed by atoms with Gasteiger partial charge in [-0.25, -0.2) is 0 Å². The minimum atomic E-state index is 0. The third-order valence-corrected chi connectivity index (χ3v) is 5.55. The quantitative estimate of drug-likeness (QED) is 0.826. The molecule has 0 spiro atoms. The number of nitrogens with one attached hydrogen (secondary N) is 2. The SMILES string of the molecule is CSc1ccc(CNC(=O)C2CC3CCCCC3N2)cc1.Cl. The van der Waals surface area contributed by atoms with Gasteiger partial charge in [-0.05, 0) is 49.1 Å². The number of carbonyl (C=O) groups is 1. The van der Waals surface area contributed by atoms with Crippen LogP contribution in [-0.4, -0.2) is 24.2 Å². The number of hydrogen-bond donors (Lipinski definition) is 2. The predicted molar refractivity (Wildman–Crippen MR) is 94.6 cm³/mol. The Bertz CT molecular complexity index is 480. The number of carbonyl (C=O) groups excluding carboxylic acids is 1. The first-order valence-electron chi connectivity index (χ1n) is 7.93. The number of thioether (sulfide) groups is 1. The van der Waals surface area contributed by atoms with Gasteiger partial charge < -0.3 is 10.6 Å². The smallest absolute Gasteiger partial charge is 0.237 e.